The Hall–Kier alpha value is -2.36. The SMILES string of the molecule is Cc1ccc(CNc2ccc(C)cc2[N+](=O)[O-])cc1. The summed E-state index contributed by atoms with van der Waals surface area (Å²) in [5.74, 6) is 0. The van der Waals surface area contributed by atoms with Crippen LogP contribution in [0, 0.1) is 24.0 Å². The average molecular weight is 256 g/mol. The van der Waals surface area contributed by atoms with Crippen molar-refractivity contribution < 1.29 is 4.92 Å². The molecule has 0 spiro atoms. The molecule has 1 N–H and O–H groups in total. The smallest absolute Gasteiger partial charge is 0.292 e. The van der Waals surface area contributed by atoms with Crippen LogP contribution in [0.3, 0.4) is 0 Å². The second kappa shape index (κ2) is 5.52. The molecule has 0 aliphatic heterocycles. The first-order chi connectivity index (χ1) is 9.06. The van der Waals surface area contributed by atoms with Crippen molar-refractivity contribution in [3.63, 3.8) is 0 Å². The van der Waals surface area contributed by atoms with Crippen LogP contribution in [0.4, 0.5) is 11.4 Å². The van der Waals surface area contributed by atoms with E-state index in [1.165, 1.54) is 5.56 Å². The minimum atomic E-state index is -0.357. The third-order valence-electron chi connectivity index (χ3n) is 2.95. The maximum Gasteiger partial charge on any atom is 0.292 e. The van der Waals surface area contributed by atoms with Crippen molar-refractivity contribution in [2.24, 2.45) is 0 Å². The Labute approximate surface area is 112 Å². The van der Waals surface area contributed by atoms with Crippen LogP contribution >= 0.6 is 0 Å². The van der Waals surface area contributed by atoms with Crippen LogP contribution in [-0.2, 0) is 6.54 Å². The number of rotatable bonds is 4. The summed E-state index contributed by atoms with van der Waals surface area (Å²) in [5.41, 5.74) is 3.85. The summed E-state index contributed by atoms with van der Waals surface area (Å²) in [6, 6.07) is 13.3. The summed E-state index contributed by atoms with van der Waals surface area (Å²) in [5, 5.41) is 14.1. The number of aryl methyl sites for hydroxylation is 2. The molecule has 0 saturated heterocycles. The summed E-state index contributed by atoms with van der Waals surface area (Å²) >= 11 is 0. The zero-order valence-corrected chi connectivity index (χ0v) is 11.0. The van der Waals surface area contributed by atoms with E-state index in [0.717, 1.165) is 11.1 Å². The first kappa shape index (κ1) is 13.1. The Kier molecular flexibility index (Phi) is 3.80. The first-order valence-electron chi connectivity index (χ1n) is 6.11. The minimum Gasteiger partial charge on any atom is -0.375 e. The number of nitrogens with zero attached hydrogens (tertiary/aromatic N) is 1. The number of anilines is 1. The number of hydrogen-bond donors (Lipinski definition) is 1. The molecule has 98 valence electrons. The number of hydrogen-bond acceptors (Lipinski definition) is 3. The third-order valence-corrected chi connectivity index (χ3v) is 2.95. The van der Waals surface area contributed by atoms with Crippen LogP contribution < -0.4 is 5.32 Å². The van der Waals surface area contributed by atoms with E-state index in [-0.39, 0.29) is 10.6 Å². The second-order valence-electron chi connectivity index (χ2n) is 4.62. The molecule has 0 aliphatic carbocycles. The predicted molar refractivity (Wildman–Crippen MR) is 76.3 cm³/mol. The Morgan fingerprint density at radius 2 is 1.68 bits per heavy atom. The fourth-order valence-corrected chi connectivity index (χ4v) is 1.85. The van der Waals surface area contributed by atoms with Crippen LogP contribution in [0.5, 0.6) is 0 Å². The molecule has 4 heteroatoms. The van der Waals surface area contributed by atoms with Gasteiger partial charge in [-0.1, -0.05) is 35.9 Å². The van der Waals surface area contributed by atoms with Gasteiger partial charge in [0.05, 0.1) is 4.92 Å². The summed E-state index contributed by atoms with van der Waals surface area (Å²) < 4.78 is 0. The molecular weight excluding hydrogens is 240 g/mol. The number of nitro groups is 1. The van der Waals surface area contributed by atoms with Gasteiger partial charge < -0.3 is 5.32 Å². The van der Waals surface area contributed by atoms with Crippen LogP contribution in [0.2, 0.25) is 0 Å². The molecule has 19 heavy (non-hydrogen) atoms. The third kappa shape index (κ3) is 3.31. The van der Waals surface area contributed by atoms with Gasteiger partial charge in [-0.15, -0.1) is 0 Å². The highest BCUT2D eigenvalue weighted by Gasteiger charge is 2.13. The molecule has 2 rings (SSSR count). The molecule has 0 heterocycles. The molecule has 0 aromatic heterocycles. The summed E-state index contributed by atoms with van der Waals surface area (Å²) in [6.45, 7) is 4.45. The van der Waals surface area contributed by atoms with Gasteiger partial charge in [0.15, 0.2) is 0 Å². The van der Waals surface area contributed by atoms with E-state index in [9.17, 15) is 10.1 Å². The quantitative estimate of drug-likeness (QED) is 0.668. The van der Waals surface area contributed by atoms with Crippen LogP contribution in [-0.4, -0.2) is 4.92 Å². The Morgan fingerprint density at radius 3 is 2.32 bits per heavy atom. The molecule has 0 saturated carbocycles. The van der Waals surface area contributed by atoms with E-state index < -0.39 is 0 Å². The van der Waals surface area contributed by atoms with Crippen molar-refractivity contribution in [1.29, 1.82) is 0 Å². The van der Waals surface area contributed by atoms with E-state index in [1.807, 2.05) is 44.2 Å². The first-order valence-corrected chi connectivity index (χ1v) is 6.11. The van der Waals surface area contributed by atoms with Gasteiger partial charge in [0.1, 0.15) is 5.69 Å². The zero-order valence-electron chi connectivity index (χ0n) is 11.0. The Morgan fingerprint density at radius 1 is 1.05 bits per heavy atom. The van der Waals surface area contributed by atoms with E-state index in [4.69, 9.17) is 0 Å². The Bertz CT molecular complexity index is 592. The fourth-order valence-electron chi connectivity index (χ4n) is 1.85. The van der Waals surface area contributed by atoms with Crippen LogP contribution in [0.25, 0.3) is 0 Å². The summed E-state index contributed by atoms with van der Waals surface area (Å²) in [6.07, 6.45) is 0. The van der Waals surface area contributed by atoms with Gasteiger partial charge in [0.25, 0.3) is 5.69 Å². The average Bonchev–Trinajstić information content (AvgIpc) is 2.39. The van der Waals surface area contributed by atoms with Gasteiger partial charge >= 0.3 is 0 Å². The fraction of sp³-hybridized carbons (Fsp3) is 0.200. The van der Waals surface area contributed by atoms with Gasteiger partial charge in [-0.3, -0.25) is 10.1 Å². The lowest BCUT2D eigenvalue weighted by molar-refractivity contribution is -0.384. The monoisotopic (exact) mass is 256 g/mol. The number of nitrogens with one attached hydrogen (secondary N) is 1. The van der Waals surface area contributed by atoms with Crippen LogP contribution in [0.15, 0.2) is 42.5 Å². The molecule has 0 amide bonds. The maximum absolute atomic E-state index is 11.0. The highest BCUT2D eigenvalue weighted by molar-refractivity contribution is 5.62. The topological polar surface area (TPSA) is 55.2 Å². The molecule has 0 atom stereocenters. The minimum absolute atomic E-state index is 0.118. The standard InChI is InChI=1S/C15H16N2O2/c1-11-3-6-13(7-4-11)10-16-14-8-5-12(2)9-15(14)17(18)19/h3-9,16H,10H2,1-2H3. The van der Waals surface area contributed by atoms with Crippen molar-refractivity contribution in [2.45, 2.75) is 20.4 Å². The number of benzene rings is 2. The maximum atomic E-state index is 11.0. The van der Waals surface area contributed by atoms with Crippen molar-refractivity contribution >= 4 is 11.4 Å². The second-order valence-corrected chi connectivity index (χ2v) is 4.62. The van der Waals surface area contributed by atoms with Crippen LogP contribution in [0.1, 0.15) is 16.7 Å². The van der Waals surface area contributed by atoms with Crippen molar-refractivity contribution in [1.82, 2.24) is 0 Å². The van der Waals surface area contributed by atoms with Crippen molar-refractivity contribution in [3.8, 4) is 0 Å². The lowest BCUT2D eigenvalue weighted by Crippen LogP contribution is -2.02. The molecule has 0 unspecified atom stereocenters. The molecule has 2 aromatic rings. The molecular formula is C15H16N2O2. The van der Waals surface area contributed by atoms with E-state index >= 15 is 0 Å². The molecule has 0 bridgehead atoms. The highest BCUT2D eigenvalue weighted by atomic mass is 16.6. The van der Waals surface area contributed by atoms with Crippen molar-refractivity contribution in [3.05, 3.63) is 69.3 Å². The van der Waals surface area contributed by atoms with Gasteiger partial charge in [-0.25, -0.2) is 0 Å². The lowest BCUT2D eigenvalue weighted by atomic mass is 10.1. The normalized spacial score (nSPS) is 10.2. The predicted octanol–water partition coefficient (Wildman–Crippen LogP) is 3.82. The zero-order chi connectivity index (χ0) is 13.8. The Balaban J connectivity index is 2.15. The number of nitro benzene ring substituents is 1. The van der Waals surface area contributed by atoms with Gasteiger partial charge in [-0.05, 0) is 31.0 Å². The summed E-state index contributed by atoms with van der Waals surface area (Å²) in [7, 11) is 0. The molecule has 0 radical (unpaired) electrons. The largest absolute Gasteiger partial charge is 0.375 e. The van der Waals surface area contributed by atoms with Crippen molar-refractivity contribution in [2.75, 3.05) is 5.32 Å². The highest BCUT2D eigenvalue weighted by Crippen LogP contribution is 2.25. The van der Waals surface area contributed by atoms with E-state index in [2.05, 4.69) is 5.32 Å². The lowest BCUT2D eigenvalue weighted by Gasteiger charge is -2.08. The van der Waals surface area contributed by atoms with E-state index in [0.29, 0.717) is 12.2 Å². The van der Waals surface area contributed by atoms with E-state index in [1.54, 1.807) is 12.1 Å². The molecule has 0 fully saturated rings. The molecule has 0 aliphatic rings. The summed E-state index contributed by atoms with van der Waals surface area (Å²) in [4.78, 5) is 10.6. The molecule has 4 nitrogen and oxygen atoms in total. The van der Waals surface area contributed by atoms with Gasteiger partial charge in [0.2, 0.25) is 0 Å². The van der Waals surface area contributed by atoms with Gasteiger partial charge in [0, 0.05) is 12.6 Å². The molecule has 2 aromatic carbocycles. The van der Waals surface area contributed by atoms with Gasteiger partial charge in [-0.2, -0.15) is 0 Å².